The van der Waals surface area contributed by atoms with Crippen molar-refractivity contribution in [1.82, 2.24) is 10.3 Å². The first-order valence-electron chi connectivity index (χ1n) is 7.13. The molecule has 0 radical (unpaired) electrons. The van der Waals surface area contributed by atoms with Crippen LogP contribution in [0.15, 0.2) is 30.3 Å². The van der Waals surface area contributed by atoms with Crippen molar-refractivity contribution in [3.8, 4) is 5.75 Å². The van der Waals surface area contributed by atoms with Gasteiger partial charge in [-0.05, 0) is 49.6 Å². The average Bonchev–Trinajstić information content (AvgIpc) is 2.81. The minimum atomic E-state index is 0.0658. The molecule has 4 heteroatoms. The fraction of sp³-hybridized carbons (Fsp3) is 0.353. The first-order chi connectivity index (χ1) is 10.1. The molecule has 21 heavy (non-hydrogen) atoms. The summed E-state index contributed by atoms with van der Waals surface area (Å²) in [6, 6.07) is 9.89. The lowest BCUT2D eigenvalue weighted by molar-refractivity contribution is -0.121. The Bertz CT molecular complexity index is 617. The topological polar surface area (TPSA) is 54.1 Å². The molecule has 0 bridgehead atoms. The fourth-order valence-electron chi connectivity index (χ4n) is 2.33. The van der Waals surface area contributed by atoms with E-state index in [0.717, 1.165) is 28.3 Å². The number of aryl methyl sites for hydroxylation is 3. The third kappa shape index (κ3) is 4.38. The smallest absolute Gasteiger partial charge is 0.220 e. The van der Waals surface area contributed by atoms with E-state index in [2.05, 4.69) is 16.4 Å². The third-order valence-electron chi connectivity index (χ3n) is 3.51. The highest BCUT2D eigenvalue weighted by Crippen LogP contribution is 2.14. The monoisotopic (exact) mass is 286 g/mol. The summed E-state index contributed by atoms with van der Waals surface area (Å²) in [4.78, 5) is 15.1. The van der Waals surface area contributed by atoms with E-state index in [-0.39, 0.29) is 5.91 Å². The number of carbonyl (C=O) groups excluding carboxylic acids is 1. The Labute approximate surface area is 125 Å². The van der Waals surface area contributed by atoms with E-state index in [1.54, 1.807) is 7.11 Å². The molecule has 0 unspecified atom stereocenters. The first kappa shape index (κ1) is 15.2. The van der Waals surface area contributed by atoms with Crippen LogP contribution in [-0.4, -0.2) is 18.0 Å². The summed E-state index contributed by atoms with van der Waals surface area (Å²) in [5, 5.41) is 2.96. The highest BCUT2D eigenvalue weighted by Gasteiger charge is 2.06. The van der Waals surface area contributed by atoms with Crippen molar-refractivity contribution in [3.05, 3.63) is 52.8 Å². The summed E-state index contributed by atoms with van der Waals surface area (Å²) in [6.07, 6.45) is 1.20. The molecule has 4 nitrogen and oxygen atoms in total. The van der Waals surface area contributed by atoms with Gasteiger partial charge < -0.3 is 15.0 Å². The summed E-state index contributed by atoms with van der Waals surface area (Å²) < 4.78 is 5.18. The maximum atomic E-state index is 11.9. The van der Waals surface area contributed by atoms with Gasteiger partial charge in [0.05, 0.1) is 7.11 Å². The summed E-state index contributed by atoms with van der Waals surface area (Å²) in [6.45, 7) is 4.61. The number of benzene rings is 1. The predicted octanol–water partition coefficient (Wildman–Crippen LogP) is 2.89. The zero-order valence-corrected chi connectivity index (χ0v) is 12.8. The molecule has 1 heterocycles. The fourth-order valence-corrected chi connectivity index (χ4v) is 2.33. The Balaban J connectivity index is 1.80. The van der Waals surface area contributed by atoms with Crippen LogP contribution in [0.3, 0.4) is 0 Å². The van der Waals surface area contributed by atoms with Crippen LogP contribution in [0, 0.1) is 13.8 Å². The molecule has 0 fully saturated rings. The van der Waals surface area contributed by atoms with Gasteiger partial charge in [0.15, 0.2) is 0 Å². The molecule has 1 aromatic heterocycles. The van der Waals surface area contributed by atoms with Crippen molar-refractivity contribution in [2.45, 2.75) is 33.2 Å². The standard InChI is InChI=1S/C17H22N2O2/c1-12-9-15(13(2)19-12)11-18-17(20)8-7-14-5-4-6-16(10-14)21-3/h4-6,9-10,19H,7-8,11H2,1-3H3,(H,18,20). The average molecular weight is 286 g/mol. The summed E-state index contributed by atoms with van der Waals surface area (Å²) in [5.74, 6) is 0.891. The van der Waals surface area contributed by atoms with E-state index < -0.39 is 0 Å². The summed E-state index contributed by atoms with van der Waals surface area (Å²) in [5.41, 5.74) is 4.48. The highest BCUT2D eigenvalue weighted by atomic mass is 16.5. The van der Waals surface area contributed by atoms with Crippen molar-refractivity contribution in [1.29, 1.82) is 0 Å². The molecule has 2 N–H and O–H groups in total. The largest absolute Gasteiger partial charge is 0.497 e. The van der Waals surface area contributed by atoms with Crippen molar-refractivity contribution < 1.29 is 9.53 Å². The minimum absolute atomic E-state index is 0.0658. The molecule has 0 saturated heterocycles. The van der Waals surface area contributed by atoms with Gasteiger partial charge in [0.25, 0.3) is 0 Å². The van der Waals surface area contributed by atoms with Crippen LogP contribution in [0.4, 0.5) is 0 Å². The van der Waals surface area contributed by atoms with Gasteiger partial charge in [-0.15, -0.1) is 0 Å². The normalized spacial score (nSPS) is 10.4. The van der Waals surface area contributed by atoms with E-state index in [1.165, 1.54) is 0 Å². The van der Waals surface area contributed by atoms with E-state index in [9.17, 15) is 4.79 Å². The first-order valence-corrected chi connectivity index (χ1v) is 7.13. The van der Waals surface area contributed by atoms with Crippen LogP contribution in [0.2, 0.25) is 0 Å². The highest BCUT2D eigenvalue weighted by molar-refractivity contribution is 5.76. The van der Waals surface area contributed by atoms with Gasteiger partial charge in [0.2, 0.25) is 5.91 Å². The van der Waals surface area contributed by atoms with Gasteiger partial charge in [0.1, 0.15) is 5.75 Å². The second-order valence-corrected chi connectivity index (χ2v) is 5.23. The van der Waals surface area contributed by atoms with Crippen LogP contribution in [0.25, 0.3) is 0 Å². The number of carbonyl (C=O) groups is 1. The third-order valence-corrected chi connectivity index (χ3v) is 3.51. The van der Waals surface area contributed by atoms with Crippen molar-refractivity contribution in [2.75, 3.05) is 7.11 Å². The predicted molar refractivity (Wildman–Crippen MR) is 83.4 cm³/mol. The van der Waals surface area contributed by atoms with E-state index in [0.29, 0.717) is 19.4 Å². The Morgan fingerprint density at radius 2 is 2.10 bits per heavy atom. The van der Waals surface area contributed by atoms with Crippen LogP contribution in [0.1, 0.15) is 28.9 Å². The van der Waals surface area contributed by atoms with Gasteiger partial charge in [-0.1, -0.05) is 12.1 Å². The number of H-pyrrole nitrogens is 1. The molecule has 2 rings (SSSR count). The number of aromatic amines is 1. The van der Waals surface area contributed by atoms with E-state index in [4.69, 9.17) is 4.74 Å². The Hall–Kier alpha value is -2.23. The molecule has 0 saturated carbocycles. The molecule has 0 aliphatic carbocycles. The lowest BCUT2D eigenvalue weighted by atomic mass is 10.1. The van der Waals surface area contributed by atoms with Crippen molar-refractivity contribution >= 4 is 5.91 Å². The van der Waals surface area contributed by atoms with Crippen LogP contribution >= 0.6 is 0 Å². The number of hydrogen-bond donors (Lipinski definition) is 2. The number of hydrogen-bond acceptors (Lipinski definition) is 2. The molecular formula is C17H22N2O2. The second kappa shape index (κ2) is 6.97. The Morgan fingerprint density at radius 3 is 2.76 bits per heavy atom. The molecule has 1 aromatic carbocycles. The lowest BCUT2D eigenvalue weighted by Crippen LogP contribution is -2.23. The van der Waals surface area contributed by atoms with Crippen molar-refractivity contribution in [2.24, 2.45) is 0 Å². The van der Waals surface area contributed by atoms with Gasteiger partial charge in [-0.2, -0.15) is 0 Å². The number of methoxy groups -OCH3 is 1. The van der Waals surface area contributed by atoms with Crippen molar-refractivity contribution in [3.63, 3.8) is 0 Å². The zero-order chi connectivity index (χ0) is 15.2. The van der Waals surface area contributed by atoms with Gasteiger partial charge in [-0.3, -0.25) is 4.79 Å². The summed E-state index contributed by atoms with van der Waals surface area (Å²) >= 11 is 0. The van der Waals surface area contributed by atoms with Gasteiger partial charge in [-0.25, -0.2) is 0 Å². The quantitative estimate of drug-likeness (QED) is 0.858. The number of aromatic nitrogens is 1. The number of nitrogens with one attached hydrogen (secondary N) is 2. The lowest BCUT2D eigenvalue weighted by Gasteiger charge is -2.06. The van der Waals surface area contributed by atoms with Gasteiger partial charge >= 0.3 is 0 Å². The zero-order valence-electron chi connectivity index (χ0n) is 12.8. The molecular weight excluding hydrogens is 264 g/mol. The van der Waals surface area contributed by atoms with Crippen LogP contribution in [-0.2, 0) is 17.8 Å². The molecule has 0 atom stereocenters. The molecule has 0 aliphatic heterocycles. The molecule has 0 spiro atoms. The number of rotatable bonds is 6. The molecule has 112 valence electrons. The molecule has 1 amide bonds. The molecule has 0 aliphatic rings. The van der Waals surface area contributed by atoms with Crippen LogP contribution < -0.4 is 10.1 Å². The Kier molecular flexibility index (Phi) is 5.04. The maximum Gasteiger partial charge on any atom is 0.220 e. The number of ether oxygens (including phenoxy) is 1. The van der Waals surface area contributed by atoms with E-state index >= 15 is 0 Å². The van der Waals surface area contributed by atoms with Gasteiger partial charge in [0, 0.05) is 24.4 Å². The minimum Gasteiger partial charge on any atom is -0.497 e. The maximum absolute atomic E-state index is 11.9. The Morgan fingerprint density at radius 1 is 1.29 bits per heavy atom. The van der Waals surface area contributed by atoms with E-state index in [1.807, 2.05) is 38.1 Å². The van der Waals surface area contributed by atoms with Crippen LogP contribution in [0.5, 0.6) is 5.75 Å². The SMILES string of the molecule is COc1cccc(CCC(=O)NCc2cc(C)[nH]c2C)c1. The second-order valence-electron chi connectivity index (χ2n) is 5.23. The molecule has 2 aromatic rings. The summed E-state index contributed by atoms with van der Waals surface area (Å²) in [7, 11) is 1.65. The number of amides is 1.